The van der Waals surface area contributed by atoms with E-state index in [-0.39, 0.29) is 38.6 Å². The summed E-state index contributed by atoms with van der Waals surface area (Å²) in [6, 6.07) is 3.69. The van der Waals surface area contributed by atoms with Crippen LogP contribution in [-0.2, 0) is 37.5 Å². The van der Waals surface area contributed by atoms with Gasteiger partial charge in [0.05, 0.1) is 25.1 Å². The first-order chi connectivity index (χ1) is 9.99. The number of anilines is 1. The van der Waals surface area contributed by atoms with Gasteiger partial charge in [0, 0.05) is 45.7 Å². The Bertz CT molecular complexity index is 566. The van der Waals surface area contributed by atoms with Crippen molar-refractivity contribution >= 4 is 24.5 Å². The minimum absolute atomic E-state index is 0. The van der Waals surface area contributed by atoms with E-state index in [9.17, 15) is 4.79 Å². The minimum Gasteiger partial charge on any atom is -0.323 e. The van der Waals surface area contributed by atoms with Crippen LogP contribution in [0.1, 0.15) is 30.9 Å². The smallest absolute Gasteiger partial charge is 0.261 e. The summed E-state index contributed by atoms with van der Waals surface area (Å²) in [7, 11) is -1.03. The normalized spacial score (nSPS) is 15.7. The molecule has 5 heteroatoms. The molecular weight excluding hydrogens is 368 g/mol. The van der Waals surface area contributed by atoms with Gasteiger partial charge in [-0.05, 0) is 44.7 Å². The zero-order chi connectivity index (χ0) is 15.5. The summed E-state index contributed by atoms with van der Waals surface area (Å²) in [5.41, 5.74) is 3.48. The molecule has 0 aromatic heterocycles. The van der Waals surface area contributed by atoms with E-state index in [0.717, 1.165) is 23.0 Å². The number of carbonyl (C=O) groups excluding carboxylic acids is 1. The molecule has 115 valence electrons. The Balaban J connectivity index is 0.00000242. The maximum absolute atomic E-state index is 12.4. The summed E-state index contributed by atoms with van der Waals surface area (Å²) in [6.45, 7) is 13.2. The second-order valence-corrected chi connectivity index (χ2v) is 10.6. The number of hydrogen-bond acceptors (Lipinski definition) is 1. The second kappa shape index (κ2) is 8.53. The topological polar surface area (TPSA) is 33.5 Å². The van der Waals surface area contributed by atoms with E-state index in [1.807, 2.05) is 26.0 Å². The van der Waals surface area contributed by atoms with Gasteiger partial charge in [0.2, 0.25) is 0 Å². The molecule has 0 spiro atoms. The van der Waals surface area contributed by atoms with Crippen molar-refractivity contribution in [3.05, 3.63) is 34.7 Å². The number of rotatable bonds is 4. The molecular formula is C17H24N2OPY+. The largest absolute Gasteiger partial charge is 0.323 e. The third kappa shape index (κ3) is 4.61. The van der Waals surface area contributed by atoms with Gasteiger partial charge in [0.15, 0.2) is 5.69 Å². The van der Waals surface area contributed by atoms with Gasteiger partial charge in [-0.2, -0.15) is 0 Å². The zero-order valence-electron chi connectivity index (χ0n) is 13.8. The Kier molecular flexibility index (Phi) is 7.66. The molecule has 1 heterocycles. The Hall–Kier alpha value is -0.286. The van der Waals surface area contributed by atoms with Gasteiger partial charge in [0.1, 0.15) is 6.16 Å². The van der Waals surface area contributed by atoms with Crippen LogP contribution < -0.4 is 5.32 Å². The molecule has 0 aliphatic carbocycles. The van der Waals surface area contributed by atoms with Crippen molar-refractivity contribution in [3.8, 4) is 0 Å². The van der Waals surface area contributed by atoms with Crippen LogP contribution in [0.4, 0.5) is 11.4 Å². The van der Waals surface area contributed by atoms with Crippen LogP contribution in [0.5, 0.6) is 0 Å². The maximum atomic E-state index is 12.4. The first-order valence-electron chi connectivity index (χ1n) is 7.63. The monoisotopic (exact) mass is 392 g/mol. The third-order valence-electron chi connectivity index (χ3n) is 4.58. The molecule has 1 amide bonds. The average molecular weight is 392 g/mol. The fourth-order valence-electron chi connectivity index (χ4n) is 3.28. The van der Waals surface area contributed by atoms with Crippen molar-refractivity contribution in [2.75, 3.05) is 30.0 Å². The number of aryl methyl sites for hydroxylation is 2. The van der Waals surface area contributed by atoms with Gasteiger partial charge in [0.25, 0.3) is 5.91 Å². The molecule has 1 aliphatic rings. The molecule has 0 bridgehead atoms. The van der Waals surface area contributed by atoms with Gasteiger partial charge in [-0.1, -0.05) is 12.1 Å². The summed E-state index contributed by atoms with van der Waals surface area (Å²) >= 11 is 0. The molecule has 1 saturated heterocycles. The zero-order valence-corrected chi connectivity index (χ0v) is 17.5. The van der Waals surface area contributed by atoms with E-state index >= 15 is 0 Å². The summed E-state index contributed by atoms with van der Waals surface area (Å²) < 4.78 is 0. The Morgan fingerprint density at radius 3 is 2.27 bits per heavy atom. The average Bonchev–Trinajstić information content (AvgIpc) is 2.91. The molecule has 0 saturated carbocycles. The number of carbonyl (C=O) groups is 1. The predicted octanol–water partition coefficient (Wildman–Crippen LogP) is 4.62. The van der Waals surface area contributed by atoms with E-state index in [1.54, 1.807) is 0 Å². The molecule has 1 N–H and O–H groups in total. The molecule has 1 aliphatic heterocycles. The minimum atomic E-state index is -1.03. The molecule has 1 fully saturated rings. The van der Waals surface area contributed by atoms with E-state index in [0.29, 0.717) is 5.69 Å². The van der Waals surface area contributed by atoms with Crippen molar-refractivity contribution < 1.29 is 37.5 Å². The van der Waals surface area contributed by atoms with Crippen LogP contribution >= 0.6 is 7.26 Å². The van der Waals surface area contributed by atoms with Gasteiger partial charge in [-0.25, -0.2) is 4.85 Å². The first kappa shape index (κ1) is 19.8. The number of nitrogens with one attached hydrogen (secondary N) is 1. The van der Waals surface area contributed by atoms with Crippen LogP contribution in [0.2, 0.25) is 0 Å². The molecule has 0 atom stereocenters. The summed E-state index contributed by atoms with van der Waals surface area (Å²) in [5.74, 6) is 0.161. The van der Waals surface area contributed by atoms with Crippen molar-refractivity contribution in [1.82, 2.24) is 0 Å². The Morgan fingerprint density at radius 1 is 1.27 bits per heavy atom. The van der Waals surface area contributed by atoms with Crippen LogP contribution in [0.15, 0.2) is 12.1 Å². The maximum Gasteiger partial charge on any atom is 0.261 e. The van der Waals surface area contributed by atoms with E-state index in [2.05, 4.69) is 17.1 Å². The van der Waals surface area contributed by atoms with E-state index < -0.39 is 7.26 Å². The molecule has 22 heavy (non-hydrogen) atoms. The number of hydrogen-bond donors (Lipinski definition) is 1. The van der Waals surface area contributed by atoms with Gasteiger partial charge in [-0.3, -0.25) is 4.79 Å². The molecule has 1 aromatic carbocycles. The number of benzene rings is 1. The first-order valence-corrected chi connectivity index (χ1v) is 10.2. The second-order valence-electron chi connectivity index (χ2n) is 6.08. The standard InChI is InChI=1S/C17H23N2OP.Y/c1-5-21(8-6-7-9-21)12-16(20)19-17-13(2)10-15(18-4)11-14(17)3;/h10-11H,5-9,12H2,1-3H3;/p+1. The fraction of sp³-hybridized carbons (Fsp3) is 0.529. The predicted molar refractivity (Wildman–Crippen MR) is 92.1 cm³/mol. The van der Waals surface area contributed by atoms with Gasteiger partial charge >= 0.3 is 0 Å². The molecule has 0 unspecified atom stereocenters. The molecule has 1 aromatic rings. The third-order valence-corrected chi connectivity index (χ3v) is 9.41. The summed E-state index contributed by atoms with van der Waals surface area (Å²) in [6.07, 6.45) is 7.08. The van der Waals surface area contributed by atoms with Crippen molar-refractivity contribution in [2.24, 2.45) is 0 Å². The molecule has 3 nitrogen and oxygen atoms in total. The fourth-order valence-corrected chi connectivity index (χ4v) is 7.15. The van der Waals surface area contributed by atoms with Crippen molar-refractivity contribution in [1.29, 1.82) is 0 Å². The van der Waals surface area contributed by atoms with Gasteiger partial charge in [-0.15, -0.1) is 0 Å². The van der Waals surface area contributed by atoms with Crippen molar-refractivity contribution in [3.63, 3.8) is 0 Å². The van der Waals surface area contributed by atoms with Gasteiger partial charge < -0.3 is 5.32 Å². The van der Waals surface area contributed by atoms with Crippen LogP contribution in [-0.4, -0.2) is 30.6 Å². The number of nitrogens with zero attached hydrogens (tertiary/aromatic N) is 1. The summed E-state index contributed by atoms with van der Waals surface area (Å²) in [5, 5.41) is 3.10. The van der Waals surface area contributed by atoms with Crippen LogP contribution in [0.3, 0.4) is 0 Å². The van der Waals surface area contributed by atoms with Crippen molar-refractivity contribution in [2.45, 2.75) is 33.6 Å². The van der Waals surface area contributed by atoms with E-state index in [4.69, 9.17) is 6.57 Å². The molecule has 2 rings (SSSR count). The van der Waals surface area contributed by atoms with E-state index in [1.165, 1.54) is 31.3 Å². The van der Waals surface area contributed by atoms with Crippen LogP contribution in [0.25, 0.3) is 4.85 Å². The SMILES string of the molecule is [C-]#[N+]c1cc(C)c(NC(=O)C[P+]2(CC)CCCC2)c(C)c1.[Y]. The quantitative estimate of drug-likeness (QED) is 0.589. The summed E-state index contributed by atoms with van der Waals surface area (Å²) in [4.78, 5) is 15.9. The van der Waals surface area contributed by atoms with Crippen LogP contribution in [0, 0.1) is 20.4 Å². The number of amides is 1. The molecule has 1 radical (unpaired) electrons. The Morgan fingerprint density at radius 2 is 1.82 bits per heavy atom. The Labute approximate surface area is 159 Å².